The zero-order valence-corrected chi connectivity index (χ0v) is 8.32. The first-order valence-corrected chi connectivity index (χ1v) is 4.74. The summed E-state index contributed by atoms with van der Waals surface area (Å²) in [5.41, 5.74) is 2.05. The van der Waals surface area contributed by atoms with Crippen LogP contribution in [0.15, 0.2) is 27.4 Å². The minimum Gasteiger partial charge on any atom is -0.465 e. The Bertz CT molecular complexity index is 569. The van der Waals surface area contributed by atoms with Crippen molar-refractivity contribution in [1.82, 2.24) is 10.3 Å². The molecule has 1 aromatic carbocycles. The second-order valence-electron chi connectivity index (χ2n) is 3.33. The third-order valence-corrected chi connectivity index (χ3v) is 2.17. The fourth-order valence-electron chi connectivity index (χ4n) is 1.47. The van der Waals surface area contributed by atoms with Crippen LogP contribution in [-0.4, -0.2) is 22.7 Å². The van der Waals surface area contributed by atoms with Gasteiger partial charge < -0.3 is 14.8 Å². The Labute approximate surface area is 89.9 Å². The van der Waals surface area contributed by atoms with E-state index in [1.807, 2.05) is 0 Å². The minimum absolute atomic E-state index is 0.336. The first-order valence-electron chi connectivity index (χ1n) is 4.74. The van der Waals surface area contributed by atoms with E-state index in [4.69, 9.17) is 9.52 Å². The van der Waals surface area contributed by atoms with Gasteiger partial charge in [0.1, 0.15) is 0 Å². The van der Waals surface area contributed by atoms with Crippen LogP contribution in [0.5, 0.6) is 0 Å². The van der Waals surface area contributed by atoms with Crippen LogP contribution >= 0.6 is 0 Å². The Kier molecular flexibility index (Phi) is 2.63. The Hall–Kier alpha value is -2.24. The summed E-state index contributed by atoms with van der Waals surface area (Å²) in [6, 6.07) is 5.25. The first-order chi connectivity index (χ1) is 7.65. The van der Waals surface area contributed by atoms with E-state index in [2.05, 4.69) is 10.3 Å². The average molecular weight is 222 g/mol. The summed E-state index contributed by atoms with van der Waals surface area (Å²) in [7, 11) is 0. The van der Waals surface area contributed by atoms with Gasteiger partial charge in [-0.05, 0) is 24.1 Å². The molecule has 0 spiro atoms. The van der Waals surface area contributed by atoms with E-state index in [9.17, 15) is 9.59 Å². The molecule has 1 amide bonds. The third-order valence-electron chi connectivity index (χ3n) is 2.17. The Morgan fingerprint density at radius 2 is 2.31 bits per heavy atom. The topological polar surface area (TPSA) is 95.3 Å². The molecule has 0 bridgehead atoms. The van der Waals surface area contributed by atoms with Gasteiger partial charge in [0.25, 0.3) is 0 Å². The highest BCUT2D eigenvalue weighted by molar-refractivity contribution is 5.72. The summed E-state index contributed by atoms with van der Waals surface area (Å²) in [6.45, 7) is 0.336. The Morgan fingerprint density at radius 1 is 1.50 bits per heavy atom. The van der Waals surface area contributed by atoms with Crippen molar-refractivity contribution in [3.63, 3.8) is 0 Å². The lowest BCUT2D eigenvalue weighted by Gasteiger charge is -2.00. The molecule has 2 rings (SSSR count). The fourth-order valence-corrected chi connectivity index (χ4v) is 1.47. The Balaban J connectivity index is 2.13. The van der Waals surface area contributed by atoms with E-state index in [1.165, 1.54) is 0 Å². The van der Waals surface area contributed by atoms with Crippen LogP contribution in [0, 0.1) is 0 Å². The number of hydrogen-bond acceptors (Lipinski definition) is 3. The number of benzene rings is 1. The zero-order chi connectivity index (χ0) is 11.5. The molecule has 0 atom stereocenters. The average Bonchev–Trinajstić information content (AvgIpc) is 2.56. The van der Waals surface area contributed by atoms with Crippen LogP contribution in [-0.2, 0) is 6.42 Å². The van der Waals surface area contributed by atoms with E-state index < -0.39 is 11.8 Å². The van der Waals surface area contributed by atoms with Crippen LogP contribution in [0.25, 0.3) is 11.1 Å². The van der Waals surface area contributed by atoms with Crippen LogP contribution in [0.4, 0.5) is 4.79 Å². The molecule has 0 aliphatic rings. The molecule has 3 N–H and O–H groups in total. The highest BCUT2D eigenvalue weighted by Gasteiger charge is 2.02. The van der Waals surface area contributed by atoms with Gasteiger partial charge in [-0.3, -0.25) is 4.98 Å². The highest BCUT2D eigenvalue weighted by Crippen LogP contribution is 2.12. The van der Waals surface area contributed by atoms with E-state index in [-0.39, 0.29) is 0 Å². The number of rotatable bonds is 3. The normalized spacial score (nSPS) is 10.5. The van der Waals surface area contributed by atoms with Gasteiger partial charge in [0.15, 0.2) is 5.58 Å². The van der Waals surface area contributed by atoms with Crippen molar-refractivity contribution in [2.24, 2.45) is 0 Å². The number of fused-ring (bicyclic) bond motifs is 1. The summed E-state index contributed by atoms with van der Waals surface area (Å²) in [6.07, 6.45) is -0.479. The van der Waals surface area contributed by atoms with Gasteiger partial charge in [-0.25, -0.2) is 9.59 Å². The zero-order valence-electron chi connectivity index (χ0n) is 8.32. The predicted octanol–water partition coefficient (Wildman–Crippen LogP) is 0.931. The molecule has 0 aliphatic carbocycles. The van der Waals surface area contributed by atoms with Gasteiger partial charge in [-0.1, -0.05) is 6.07 Å². The molecular weight excluding hydrogens is 212 g/mol. The van der Waals surface area contributed by atoms with Crippen molar-refractivity contribution in [2.45, 2.75) is 6.42 Å². The number of H-pyrrole nitrogens is 1. The molecule has 1 aromatic heterocycles. The number of carboxylic acid groups (broad SMARTS) is 1. The van der Waals surface area contributed by atoms with Crippen LogP contribution in [0.1, 0.15) is 5.56 Å². The van der Waals surface area contributed by atoms with Gasteiger partial charge in [0, 0.05) is 6.54 Å². The molecule has 84 valence electrons. The van der Waals surface area contributed by atoms with Crippen molar-refractivity contribution in [3.05, 3.63) is 34.3 Å². The molecule has 0 radical (unpaired) electrons. The van der Waals surface area contributed by atoms with Crippen molar-refractivity contribution >= 4 is 17.2 Å². The number of oxazole rings is 1. The SMILES string of the molecule is O=C(O)NCCc1ccc2oc(=O)[nH]c2c1. The van der Waals surface area contributed by atoms with E-state index in [0.29, 0.717) is 24.1 Å². The number of amides is 1. The molecule has 2 aromatic rings. The molecule has 0 aliphatic heterocycles. The van der Waals surface area contributed by atoms with Crippen LogP contribution in [0.2, 0.25) is 0 Å². The second kappa shape index (κ2) is 4.09. The number of carbonyl (C=O) groups is 1. The number of hydrogen-bond donors (Lipinski definition) is 3. The highest BCUT2D eigenvalue weighted by atomic mass is 16.4. The predicted molar refractivity (Wildman–Crippen MR) is 56.6 cm³/mol. The van der Waals surface area contributed by atoms with Crippen molar-refractivity contribution < 1.29 is 14.3 Å². The maximum absolute atomic E-state index is 10.9. The van der Waals surface area contributed by atoms with Gasteiger partial charge >= 0.3 is 11.8 Å². The van der Waals surface area contributed by atoms with Gasteiger partial charge in [0.05, 0.1) is 5.52 Å². The lowest BCUT2D eigenvalue weighted by molar-refractivity contribution is 0.194. The number of aromatic amines is 1. The quantitative estimate of drug-likeness (QED) is 0.719. The summed E-state index contributed by atoms with van der Waals surface area (Å²) in [4.78, 5) is 23.7. The maximum atomic E-state index is 10.9. The Morgan fingerprint density at radius 3 is 3.06 bits per heavy atom. The summed E-state index contributed by atoms with van der Waals surface area (Å²) in [5, 5.41) is 10.7. The van der Waals surface area contributed by atoms with Crippen LogP contribution in [0.3, 0.4) is 0 Å². The minimum atomic E-state index is -1.04. The molecule has 1 heterocycles. The molecule has 0 saturated carbocycles. The fraction of sp³-hybridized carbons (Fsp3) is 0.200. The molecule has 6 nitrogen and oxygen atoms in total. The molecule has 16 heavy (non-hydrogen) atoms. The van der Waals surface area contributed by atoms with Crippen molar-refractivity contribution in [2.75, 3.05) is 6.54 Å². The first kappa shape index (κ1) is 10.3. The maximum Gasteiger partial charge on any atom is 0.417 e. The van der Waals surface area contributed by atoms with E-state index in [1.54, 1.807) is 18.2 Å². The lowest BCUT2D eigenvalue weighted by atomic mass is 10.1. The van der Waals surface area contributed by atoms with Crippen molar-refractivity contribution in [1.29, 1.82) is 0 Å². The van der Waals surface area contributed by atoms with Crippen molar-refractivity contribution in [3.8, 4) is 0 Å². The molecule has 0 unspecified atom stereocenters. The third kappa shape index (κ3) is 2.22. The summed E-state index contributed by atoms with van der Waals surface area (Å²) in [5.74, 6) is -0.490. The number of nitrogens with one attached hydrogen (secondary N) is 2. The van der Waals surface area contributed by atoms with E-state index in [0.717, 1.165) is 5.56 Å². The largest absolute Gasteiger partial charge is 0.465 e. The van der Waals surface area contributed by atoms with Gasteiger partial charge in [-0.15, -0.1) is 0 Å². The molecular formula is C10H10N2O4. The monoisotopic (exact) mass is 222 g/mol. The number of aromatic nitrogens is 1. The second-order valence-corrected chi connectivity index (χ2v) is 3.33. The molecule has 0 fully saturated rings. The summed E-state index contributed by atoms with van der Waals surface area (Å²) >= 11 is 0. The lowest BCUT2D eigenvalue weighted by Crippen LogP contribution is -2.23. The molecule has 0 saturated heterocycles. The van der Waals surface area contributed by atoms with Gasteiger partial charge in [0.2, 0.25) is 0 Å². The van der Waals surface area contributed by atoms with E-state index >= 15 is 0 Å². The smallest absolute Gasteiger partial charge is 0.417 e. The molecule has 6 heteroatoms. The van der Waals surface area contributed by atoms with Crippen LogP contribution < -0.4 is 11.1 Å². The van der Waals surface area contributed by atoms with Gasteiger partial charge in [-0.2, -0.15) is 0 Å². The standard InChI is InChI=1S/C10H10N2O4/c13-9(14)11-4-3-6-1-2-8-7(5-6)12-10(15)16-8/h1-2,5,11H,3-4H2,(H,12,15)(H,13,14). The summed E-state index contributed by atoms with van der Waals surface area (Å²) < 4.78 is 4.84.